The maximum atomic E-state index is 12.5. The summed E-state index contributed by atoms with van der Waals surface area (Å²) in [6.45, 7) is 1.54. The van der Waals surface area contributed by atoms with E-state index in [9.17, 15) is 18.0 Å². The first kappa shape index (κ1) is 16.0. The number of rotatable bonds is 4. The highest BCUT2D eigenvalue weighted by molar-refractivity contribution is 9.10. The summed E-state index contributed by atoms with van der Waals surface area (Å²) in [7, 11) is 0. The highest BCUT2D eigenvalue weighted by atomic mass is 79.9. The summed E-state index contributed by atoms with van der Waals surface area (Å²) in [6.07, 6.45) is -4.79. The predicted molar refractivity (Wildman–Crippen MR) is 68.7 cm³/mol. The number of anilines is 1. The minimum Gasteiger partial charge on any atom is -0.393 e. The molecule has 1 aromatic rings. The number of nitrogens with one attached hydrogen (secondary N) is 1. The van der Waals surface area contributed by atoms with E-state index in [-0.39, 0.29) is 18.5 Å². The number of hydrogen-bond donors (Lipinski definition) is 2. The number of halogens is 4. The lowest BCUT2D eigenvalue weighted by Crippen LogP contribution is -2.15. The molecule has 1 rings (SSSR count). The van der Waals surface area contributed by atoms with Gasteiger partial charge in [-0.3, -0.25) is 4.79 Å². The van der Waals surface area contributed by atoms with E-state index >= 15 is 0 Å². The molecular weight excluding hydrogens is 327 g/mol. The average Bonchev–Trinajstić information content (AvgIpc) is 2.28. The maximum Gasteiger partial charge on any atom is 0.416 e. The summed E-state index contributed by atoms with van der Waals surface area (Å²) in [5, 5.41) is 11.4. The number of carbonyl (C=O) groups is 1. The van der Waals surface area contributed by atoms with Gasteiger partial charge < -0.3 is 10.4 Å². The Labute approximate surface area is 116 Å². The zero-order valence-electron chi connectivity index (χ0n) is 10.1. The van der Waals surface area contributed by atoms with Gasteiger partial charge in [0.2, 0.25) is 5.91 Å². The average molecular weight is 340 g/mol. The van der Waals surface area contributed by atoms with Crippen LogP contribution in [0, 0.1) is 0 Å². The van der Waals surface area contributed by atoms with Crippen molar-refractivity contribution in [3.05, 3.63) is 28.2 Å². The van der Waals surface area contributed by atoms with Crippen LogP contribution in [0.5, 0.6) is 0 Å². The number of alkyl halides is 3. The van der Waals surface area contributed by atoms with E-state index in [0.29, 0.717) is 4.47 Å². The number of amides is 1. The van der Waals surface area contributed by atoms with Crippen LogP contribution in [0.2, 0.25) is 0 Å². The standard InChI is InChI=1S/C12H13BrF3NO2/c1-7(18)2-5-11(19)17-10-6-8(12(14,15)16)3-4-9(10)13/h3-4,6-7,18H,2,5H2,1H3,(H,17,19). The van der Waals surface area contributed by atoms with E-state index in [1.165, 1.54) is 13.0 Å². The molecule has 0 saturated carbocycles. The van der Waals surface area contributed by atoms with E-state index in [0.717, 1.165) is 12.1 Å². The number of aliphatic hydroxyl groups excluding tert-OH is 1. The molecule has 2 N–H and O–H groups in total. The van der Waals surface area contributed by atoms with Crippen molar-refractivity contribution in [2.75, 3.05) is 5.32 Å². The molecule has 1 atom stereocenters. The Hall–Kier alpha value is -1.08. The first-order valence-corrected chi connectivity index (χ1v) is 6.34. The van der Waals surface area contributed by atoms with Gasteiger partial charge in [-0.1, -0.05) is 0 Å². The molecule has 106 valence electrons. The van der Waals surface area contributed by atoms with Crippen molar-refractivity contribution in [2.24, 2.45) is 0 Å². The van der Waals surface area contributed by atoms with Gasteiger partial charge in [0.25, 0.3) is 0 Å². The normalized spacial score (nSPS) is 13.2. The van der Waals surface area contributed by atoms with Crippen molar-refractivity contribution in [2.45, 2.75) is 32.0 Å². The second kappa shape index (κ2) is 6.38. The molecule has 0 aromatic heterocycles. The number of aliphatic hydroxyl groups is 1. The monoisotopic (exact) mass is 339 g/mol. The van der Waals surface area contributed by atoms with Crippen LogP contribution in [0.25, 0.3) is 0 Å². The Bertz CT molecular complexity index is 461. The van der Waals surface area contributed by atoms with Crippen molar-refractivity contribution in [1.82, 2.24) is 0 Å². The molecule has 0 bridgehead atoms. The molecular formula is C12H13BrF3NO2. The van der Waals surface area contributed by atoms with Crippen LogP contribution in [0.15, 0.2) is 22.7 Å². The highest BCUT2D eigenvalue weighted by Crippen LogP contribution is 2.33. The fraction of sp³-hybridized carbons (Fsp3) is 0.417. The van der Waals surface area contributed by atoms with Crippen molar-refractivity contribution in [3.8, 4) is 0 Å². The lowest BCUT2D eigenvalue weighted by atomic mass is 10.1. The molecule has 1 amide bonds. The number of carbonyl (C=O) groups excluding carboxylic acids is 1. The molecule has 0 aliphatic heterocycles. The fourth-order valence-electron chi connectivity index (χ4n) is 1.35. The molecule has 3 nitrogen and oxygen atoms in total. The zero-order chi connectivity index (χ0) is 14.6. The van der Waals surface area contributed by atoms with E-state index in [1.807, 2.05) is 0 Å². The van der Waals surface area contributed by atoms with E-state index in [2.05, 4.69) is 21.2 Å². The third-order valence-electron chi connectivity index (χ3n) is 2.36. The van der Waals surface area contributed by atoms with Gasteiger partial charge in [-0.2, -0.15) is 13.2 Å². The van der Waals surface area contributed by atoms with Crippen LogP contribution >= 0.6 is 15.9 Å². The molecule has 0 aliphatic carbocycles. The molecule has 19 heavy (non-hydrogen) atoms. The number of hydrogen-bond acceptors (Lipinski definition) is 2. The van der Waals surface area contributed by atoms with Gasteiger partial charge in [0, 0.05) is 10.9 Å². The Balaban J connectivity index is 2.80. The molecule has 1 unspecified atom stereocenters. The first-order valence-electron chi connectivity index (χ1n) is 5.55. The third kappa shape index (κ3) is 5.20. The van der Waals surface area contributed by atoms with Crippen LogP contribution in [0.3, 0.4) is 0 Å². The van der Waals surface area contributed by atoms with Crippen molar-refractivity contribution >= 4 is 27.5 Å². The smallest absolute Gasteiger partial charge is 0.393 e. The second-order valence-electron chi connectivity index (χ2n) is 4.13. The molecule has 0 spiro atoms. The van der Waals surface area contributed by atoms with Crippen LogP contribution in [-0.4, -0.2) is 17.1 Å². The van der Waals surface area contributed by atoms with Gasteiger partial charge in [0.1, 0.15) is 0 Å². The largest absolute Gasteiger partial charge is 0.416 e. The topological polar surface area (TPSA) is 49.3 Å². The summed E-state index contributed by atoms with van der Waals surface area (Å²) in [6, 6.07) is 3.02. The summed E-state index contributed by atoms with van der Waals surface area (Å²) in [5.41, 5.74) is -0.771. The molecule has 0 heterocycles. The zero-order valence-corrected chi connectivity index (χ0v) is 11.7. The Kier molecular flexibility index (Phi) is 5.37. The van der Waals surface area contributed by atoms with Crippen molar-refractivity contribution in [3.63, 3.8) is 0 Å². The quantitative estimate of drug-likeness (QED) is 0.880. The molecule has 0 aliphatic rings. The van der Waals surface area contributed by atoms with E-state index in [4.69, 9.17) is 5.11 Å². The van der Waals surface area contributed by atoms with E-state index in [1.54, 1.807) is 0 Å². The maximum absolute atomic E-state index is 12.5. The van der Waals surface area contributed by atoms with Crippen LogP contribution in [-0.2, 0) is 11.0 Å². The van der Waals surface area contributed by atoms with Gasteiger partial charge in [0.15, 0.2) is 0 Å². The predicted octanol–water partition coefficient (Wildman–Crippen LogP) is 3.57. The van der Waals surface area contributed by atoms with Gasteiger partial charge >= 0.3 is 6.18 Å². The first-order chi connectivity index (χ1) is 8.70. The molecule has 1 aromatic carbocycles. The van der Waals surface area contributed by atoms with Crippen LogP contribution < -0.4 is 5.32 Å². The van der Waals surface area contributed by atoms with Crippen LogP contribution in [0.4, 0.5) is 18.9 Å². The Morgan fingerprint density at radius 2 is 2.11 bits per heavy atom. The highest BCUT2D eigenvalue weighted by Gasteiger charge is 2.31. The van der Waals surface area contributed by atoms with E-state index < -0.39 is 23.8 Å². The number of benzene rings is 1. The van der Waals surface area contributed by atoms with Crippen molar-refractivity contribution < 1.29 is 23.1 Å². The lowest BCUT2D eigenvalue weighted by molar-refractivity contribution is -0.137. The van der Waals surface area contributed by atoms with Gasteiger partial charge in [-0.15, -0.1) is 0 Å². The Morgan fingerprint density at radius 3 is 2.63 bits per heavy atom. The van der Waals surface area contributed by atoms with Gasteiger partial charge in [0.05, 0.1) is 17.4 Å². The SMILES string of the molecule is CC(O)CCC(=O)Nc1cc(C(F)(F)F)ccc1Br. The molecule has 0 fully saturated rings. The molecule has 7 heteroatoms. The second-order valence-corrected chi connectivity index (χ2v) is 4.98. The summed E-state index contributed by atoms with van der Waals surface area (Å²) >= 11 is 3.07. The summed E-state index contributed by atoms with van der Waals surface area (Å²) in [4.78, 5) is 11.5. The minimum atomic E-state index is -4.46. The van der Waals surface area contributed by atoms with Gasteiger partial charge in [-0.05, 0) is 47.5 Å². The lowest BCUT2D eigenvalue weighted by Gasteiger charge is -2.12. The molecule has 0 radical (unpaired) electrons. The van der Waals surface area contributed by atoms with Gasteiger partial charge in [-0.25, -0.2) is 0 Å². The summed E-state index contributed by atoms with van der Waals surface area (Å²) in [5.74, 6) is -0.444. The van der Waals surface area contributed by atoms with Crippen molar-refractivity contribution in [1.29, 1.82) is 0 Å². The van der Waals surface area contributed by atoms with Crippen LogP contribution in [0.1, 0.15) is 25.3 Å². The Morgan fingerprint density at radius 1 is 1.47 bits per heavy atom. The fourth-order valence-corrected chi connectivity index (χ4v) is 1.70. The minimum absolute atomic E-state index is 0.0420. The third-order valence-corrected chi connectivity index (χ3v) is 3.05. The molecule has 0 saturated heterocycles. The summed E-state index contributed by atoms with van der Waals surface area (Å²) < 4.78 is 38.0.